The average Bonchev–Trinajstić information content (AvgIpc) is 2.60. The molecule has 1 fully saturated rings. The van der Waals surface area contributed by atoms with Gasteiger partial charge in [0.05, 0.1) is 6.54 Å². The van der Waals surface area contributed by atoms with E-state index >= 15 is 0 Å². The molecule has 0 bridgehead atoms. The molecule has 134 valence electrons. The summed E-state index contributed by atoms with van der Waals surface area (Å²) in [6.45, 7) is 7.37. The maximum atomic E-state index is 10.3. The SMILES string of the molecule is CCNC(=NCC(O)c1ccccc1Cl)NCCN1CCCCC1. The van der Waals surface area contributed by atoms with E-state index in [4.69, 9.17) is 11.6 Å². The second kappa shape index (κ2) is 10.5. The summed E-state index contributed by atoms with van der Waals surface area (Å²) in [5, 5.41) is 17.4. The van der Waals surface area contributed by atoms with Crippen LogP contribution in [0.15, 0.2) is 29.3 Å². The molecule has 1 aromatic rings. The van der Waals surface area contributed by atoms with Crippen molar-refractivity contribution in [2.75, 3.05) is 39.3 Å². The Morgan fingerprint density at radius 3 is 2.71 bits per heavy atom. The molecule has 1 heterocycles. The first-order valence-corrected chi connectivity index (χ1v) is 9.25. The summed E-state index contributed by atoms with van der Waals surface area (Å²) >= 11 is 6.12. The molecule has 2 rings (SSSR count). The molecular weight excluding hydrogens is 324 g/mol. The predicted molar refractivity (Wildman–Crippen MR) is 101 cm³/mol. The quantitative estimate of drug-likeness (QED) is 0.521. The predicted octanol–water partition coefficient (Wildman–Crippen LogP) is 2.41. The maximum Gasteiger partial charge on any atom is 0.191 e. The van der Waals surface area contributed by atoms with Crippen molar-refractivity contribution in [3.63, 3.8) is 0 Å². The zero-order chi connectivity index (χ0) is 17.2. The molecule has 1 unspecified atom stereocenters. The number of likely N-dealkylation sites (tertiary alicyclic amines) is 1. The van der Waals surface area contributed by atoms with E-state index < -0.39 is 6.10 Å². The molecule has 1 aliphatic rings. The van der Waals surface area contributed by atoms with Gasteiger partial charge in [0, 0.05) is 30.2 Å². The van der Waals surface area contributed by atoms with E-state index in [0.717, 1.165) is 25.6 Å². The first kappa shape index (κ1) is 19.0. The van der Waals surface area contributed by atoms with E-state index in [0.29, 0.717) is 10.6 Å². The van der Waals surface area contributed by atoms with E-state index in [1.54, 1.807) is 6.07 Å². The minimum atomic E-state index is -0.698. The summed E-state index contributed by atoms with van der Waals surface area (Å²) in [5.41, 5.74) is 0.715. The number of rotatable bonds is 7. The van der Waals surface area contributed by atoms with Crippen LogP contribution in [0.25, 0.3) is 0 Å². The number of aliphatic hydroxyl groups excluding tert-OH is 1. The number of hydrogen-bond acceptors (Lipinski definition) is 3. The Morgan fingerprint density at radius 1 is 1.25 bits per heavy atom. The molecule has 1 aromatic carbocycles. The Labute approximate surface area is 150 Å². The highest BCUT2D eigenvalue weighted by atomic mass is 35.5. The number of aliphatic hydroxyl groups is 1. The van der Waals surface area contributed by atoms with Crippen molar-refractivity contribution in [1.29, 1.82) is 0 Å². The van der Waals surface area contributed by atoms with Gasteiger partial charge in [-0.3, -0.25) is 4.99 Å². The van der Waals surface area contributed by atoms with Crippen LogP contribution in [0.1, 0.15) is 37.9 Å². The van der Waals surface area contributed by atoms with Gasteiger partial charge in [-0.15, -0.1) is 0 Å². The van der Waals surface area contributed by atoms with E-state index in [2.05, 4.69) is 20.5 Å². The Balaban J connectivity index is 1.82. The summed E-state index contributed by atoms with van der Waals surface area (Å²) in [6.07, 6.45) is 3.26. The largest absolute Gasteiger partial charge is 0.386 e. The Morgan fingerprint density at radius 2 is 2.00 bits per heavy atom. The van der Waals surface area contributed by atoms with Crippen LogP contribution in [0.4, 0.5) is 0 Å². The van der Waals surface area contributed by atoms with Gasteiger partial charge >= 0.3 is 0 Å². The van der Waals surface area contributed by atoms with Gasteiger partial charge in [0.2, 0.25) is 0 Å². The minimum Gasteiger partial charge on any atom is -0.386 e. The maximum absolute atomic E-state index is 10.3. The van der Waals surface area contributed by atoms with Gasteiger partial charge in [-0.05, 0) is 38.9 Å². The number of aliphatic imine (C=N–C) groups is 1. The van der Waals surface area contributed by atoms with Crippen LogP contribution in [0.2, 0.25) is 5.02 Å². The second-order valence-corrected chi connectivity index (χ2v) is 6.49. The lowest BCUT2D eigenvalue weighted by atomic mass is 10.1. The van der Waals surface area contributed by atoms with Crippen LogP contribution >= 0.6 is 11.6 Å². The number of halogens is 1. The molecule has 3 N–H and O–H groups in total. The first-order chi connectivity index (χ1) is 11.7. The Bertz CT molecular complexity index is 517. The molecule has 6 heteroatoms. The van der Waals surface area contributed by atoms with Crippen molar-refractivity contribution in [3.8, 4) is 0 Å². The van der Waals surface area contributed by atoms with Crippen molar-refractivity contribution in [1.82, 2.24) is 15.5 Å². The average molecular weight is 353 g/mol. The van der Waals surface area contributed by atoms with Gasteiger partial charge in [-0.25, -0.2) is 0 Å². The second-order valence-electron chi connectivity index (χ2n) is 6.09. The number of nitrogens with zero attached hydrogens (tertiary/aromatic N) is 2. The highest BCUT2D eigenvalue weighted by Crippen LogP contribution is 2.22. The van der Waals surface area contributed by atoms with Crippen LogP contribution in [0.5, 0.6) is 0 Å². The highest BCUT2D eigenvalue weighted by Gasteiger charge is 2.12. The topological polar surface area (TPSA) is 59.9 Å². The van der Waals surface area contributed by atoms with E-state index in [1.165, 1.54) is 32.4 Å². The van der Waals surface area contributed by atoms with Crippen LogP contribution in [-0.2, 0) is 0 Å². The Hall–Kier alpha value is -1.30. The minimum absolute atomic E-state index is 0.281. The van der Waals surface area contributed by atoms with Gasteiger partial charge in [-0.1, -0.05) is 36.2 Å². The molecule has 24 heavy (non-hydrogen) atoms. The highest BCUT2D eigenvalue weighted by molar-refractivity contribution is 6.31. The van der Waals surface area contributed by atoms with Crippen molar-refractivity contribution in [2.45, 2.75) is 32.3 Å². The van der Waals surface area contributed by atoms with Gasteiger partial charge < -0.3 is 20.6 Å². The molecule has 0 amide bonds. The monoisotopic (exact) mass is 352 g/mol. The third-order valence-electron chi connectivity index (χ3n) is 4.20. The number of benzene rings is 1. The van der Waals surface area contributed by atoms with Crippen molar-refractivity contribution in [2.24, 2.45) is 4.99 Å². The lowest BCUT2D eigenvalue weighted by Gasteiger charge is -2.26. The van der Waals surface area contributed by atoms with E-state index in [-0.39, 0.29) is 6.54 Å². The third-order valence-corrected chi connectivity index (χ3v) is 4.54. The number of nitrogens with one attached hydrogen (secondary N) is 2. The molecular formula is C18H29ClN4O. The molecule has 0 aromatic heterocycles. The van der Waals surface area contributed by atoms with Crippen LogP contribution in [0, 0.1) is 0 Å². The first-order valence-electron chi connectivity index (χ1n) is 8.87. The molecule has 0 radical (unpaired) electrons. The molecule has 0 saturated carbocycles. The van der Waals surface area contributed by atoms with Crippen molar-refractivity contribution in [3.05, 3.63) is 34.9 Å². The molecule has 0 aliphatic carbocycles. The normalized spacial score (nSPS) is 17.5. The summed E-state index contributed by atoms with van der Waals surface area (Å²) in [6, 6.07) is 7.34. The zero-order valence-corrected chi connectivity index (χ0v) is 15.2. The van der Waals surface area contributed by atoms with Crippen LogP contribution < -0.4 is 10.6 Å². The van der Waals surface area contributed by atoms with Crippen molar-refractivity contribution >= 4 is 17.6 Å². The summed E-state index contributed by atoms with van der Waals surface area (Å²) in [4.78, 5) is 6.97. The summed E-state index contributed by atoms with van der Waals surface area (Å²) in [7, 11) is 0. The fraction of sp³-hybridized carbons (Fsp3) is 0.611. The van der Waals surface area contributed by atoms with E-state index in [9.17, 15) is 5.11 Å². The van der Waals surface area contributed by atoms with Crippen LogP contribution in [0.3, 0.4) is 0 Å². The standard InChI is InChI=1S/C18H29ClN4O/c1-2-20-18(21-10-13-23-11-6-3-7-12-23)22-14-17(24)15-8-4-5-9-16(15)19/h4-5,8-9,17,24H,2-3,6-7,10-14H2,1H3,(H2,20,21,22). The molecule has 1 aliphatic heterocycles. The number of guanidine groups is 1. The van der Waals surface area contributed by atoms with Gasteiger partial charge in [0.25, 0.3) is 0 Å². The molecule has 0 spiro atoms. The van der Waals surface area contributed by atoms with Crippen LogP contribution in [-0.4, -0.2) is 55.2 Å². The Kier molecular flexibility index (Phi) is 8.36. The van der Waals surface area contributed by atoms with Gasteiger partial charge in [0.15, 0.2) is 5.96 Å². The van der Waals surface area contributed by atoms with Gasteiger partial charge in [-0.2, -0.15) is 0 Å². The lowest BCUT2D eigenvalue weighted by Crippen LogP contribution is -2.42. The summed E-state index contributed by atoms with van der Waals surface area (Å²) < 4.78 is 0. The fourth-order valence-electron chi connectivity index (χ4n) is 2.88. The molecule has 5 nitrogen and oxygen atoms in total. The molecule has 1 saturated heterocycles. The lowest BCUT2D eigenvalue weighted by molar-refractivity contribution is 0.187. The summed E-state index contributed by atoms with van der Waals surface area (Å²) in [5.74, 6) is 0.737. The van der Waals surface area contributed by atoms with Crippen molar-refractivity contribution < 1.29 is 5.11 Å². The number of piperidine rings is 1. The zero-order valence-electron chi connectivity index (χ0n) is 14.5. The smallest absolute Gasteiger partial charge is 0.191 e. The fourth-order valence-corrected chi connectivity index (χ4v) is 3.14. The van der Waals surface area contributed by atoms with Gasteiger partial charge in [0.1, 0.15) is 6.10 Å². The van der Waals surface area contributed by atoms with E-state index in [1.807, 2.05) is 25.1 Å². The third kappa shape index (κ3) is 6.30. The number of hydrogen-bond donors (Lipinski definition) is 3. The molecule has 1 atom stereocenters.